The van der Waals surface area contributed by atoms with Gasteiger partial charge in [-0.3, -0.25) is 0 Å². The third-order valence-electron chi connectivity index (χ3n) is 2.99. The van der Waals surface area contributed by atoms with Crippen LogP contribution in [0.15, 0.2) is 47.4 Å². The Balaban J connectivity index is 2.31. The summed E-state index contributed by atoms with van der Waals surface area (Å²) < 4.78 is 22.8. The topological polar surface area (TPSA) is 72.2 Å². The van der Waals surface area contributed by atoms with E-state index >= 15 is 0 Å². The lowest BCUT2D eigenvalue weighted by Gasteiger charge is -2.17. The van der Waals surface area contributed by atoms with E-state index < -0.39 is 10.0 Å². The summed E-state index contributed by atoms with van der Waals surface area (Å²) in [6.45, 7) is 1.92. The van der Waals surface area contributed by atoms with Crippen molar-refractivity contribution in [1.29, 1.82) is 0 Å². The largest absolute Gasteiger partial charge is 0.377 e. The predicted molar refractivity (Wildman–Crippen MR) is 86.3 cm³/mol. The number of primary sulfonamides is 1. The minimum absolute atomic E-state index is 0.00712. The van der Waals surface area contributed by atoms with Gasteiger partial charge in [0.05, 0.1) is 15.6 Å². The highest BCUT2D eigenvalue weighted by Crippen LogP contribution is 2.29. The van der Waals surface area contributed by atoms with E-state index in [1.54, 1.807) is 6.07 Å². The lowest BCUT2D eigenvalue weighted by Crippen LogP contribution is -2.13. The molecule has 0 bridgehead atoms. The summed E-state index contributed by atoms with van der Waals surface area (Å²) in [5.74, 6) is 0. The van der Waals surface area contributed by atoms with Crippen molar-refractivity contribution in [3.05, 3.63) is 58.1 Å². The zero-order valence-electron chi connectivity index (χ0n) is 11.2. The molecule has 0 radical (unpaired) electrons. The molecule has 0 aliphatic heterocycles. The Hall–Kier alpha value is -1.27. The molecule has 0 aliphatic carbocycles. The number of anilines is 1. The van der Waals surface area contributed by atoms with E-state index in [1.165, 1.54) is 18.2 Å². The van der Waals surface area contributed by atoms with Gasteiger partial charge in [0.25, 0.3) is 0 Å². The summed E-state index contributed by atoms with van der Waals surface area (Å²) in [5, 5.41) is 9.32. The quantitative estimate of drug-likeness (QED) is 0.885. The first-order valence-corrected chi connectivity index (χ1v) is 8.42. The first-order chi connectivity index (χ1) is 9.77. The molecule has 1 atom stereocenters. The molecule has 7 heteroatoms. The molecule has 21 heavy (non-hydrogen) atoms. The molecule has 0 aromatic heterocycles. The number of halogens is 2. The van der Waals surface area contributed by atoms with Gasteiger partial charge < -0.3 is 5.32 Å². The zero-order chi connectivity index (χ0) is 15.6. The van der Waals surface area contributed by atoms with Gasteiger partial charge in [0.2, 0.25) is 10.0 Å². The Morgan fingerprint density at radius 3 is 2.48 bits per heavy atom. The van der Waals surface area contributed by atoms with Crippen LogP contribution >= 0.6 is 23.2 Å². The summed E-state index contributed by atoms with van der Waals surface area (Å²) >= 11 is 12.0. The maximum Gasteiger partial charge on any atom is 0.238 e. The molecule has 0 saturated carbocycles. The Morgan fingerprint density at radius 2 is 1.86 bits per heavy atom. The summed E-state index contributed by atoms with van der Waals surface area (Å²) in [6.07, 6.45) is 0. The Bertz CT molecular complexity index is 763. The third-order valence-corrected chi connectivity index (χ3v) is 4.46. The van der Waals surface area contributed by atoms with E-state index in [0.29, 0.717) is 15.7 Å². The Morgan fingerprint density at radius 1 is 1.14 bits per heavy atom. The second-order valence-electron chi connectivity index (χ2n) is 4.61. The maximum absolute atomic E-state index is 11.4. The average molecular weight is 345 g/mol. The van der Waals surface area contributed by atoms with Gasteiger partial charge >= 0.3 is 0 Å². The lowest BCUT2D eigenvalue weighted by atomic mass is 10.1. The molecular weight excluding hydrogens is 331 g/mol. The van der Waals surface area contributed by atoms with Crippen LogP contribution in [-0.2, 0) is 10.0 Å². The second kappa shape index (κ2) is 6.23. The molecule has 1 unspecified atom stereocenters. The van der Waals surface area contributed by atoms with Crippen LogP contribution in [-0.4, -0.2) is 8.42 Å². The summed E-state index contributed by atoms with van der Waals surface area (Å²) in [7, 11) is -3.77. The molecule has 4 nitrogen and oxygen atoms in total. The van der Waals surface area contributed by atoms with E-state index in [9.17, 15) is 8.42 Å². The molecule has 112 valence electrons. The van der Waals surface area contributed by atoms with Crippen molar-refractivity contribution in [2.24, 2.45) is 5.14 Å². The molecule has 0 heterocycles. The van der Waals surface area contributed by atoms with Crippen LogP contribution in [0.25, 0.3) is 0 Å². The average Bonchev–Trinajstić information content (AvgIpc) is 2.40. The second-order valence-corrected chi connectivity index (χ2v) is 7.01. The highest BCUT2D eigenvalue weighted by atomic mass is 35.5. The van der Waals surface area contributed by atoms with Gasteiger partial charge in [0.15, 0.2) is 0 Å². The molecule has 2 rings (SSSR count). The number of hydrogen-bond acceptors (Lipinski definition) is 3. The van der Waals surface area contributed by atoms with Crippen molar-refractivity contribution < 1.29 is 8.42 Å². The highest BCUT2D eigenvalue weighted by molar-refractivity contribution is 7.89. The van der Waals surface area contributed by atoms with Gasteiger partial charge in [-0.05, 0) is 42.8 Å². The Kier molecular flexibility index (Phi) is 4.78. The van der Waals surface area contributed by atoms with Gasteiger partial charge in [-0.1, -0.05) is 35.3 Å². The molecule has 2 aromatic carbocycles. The summed E-state index contributed by atoms with van der Waals surface area (Å²) in [5.41, 5.74) is 1.45. The number of sulfonamides is 1. The number of hydrogen-bond donors (Lipinski definition) is 2. The standard InChI is InChI=1S/C14H14Cl2N2O2S/c1-9(10-3-2-4-11(15)7-10)18-14-8-12(21(17,19)20)5-6-13(14)16/h2-9,18H,1H3,(H2,17,19,20). The molecular formula is C14H14Cl2N2O2S. The molecule has 2 aromatic rings. The number of nitrogens with one attached hydrogen (secondary N) is 1. The maximum atomic E-state index is 11.4. The zero-order valence-corrected chi connectivity index (χ0v) is 13.5. The van der Waals surface area contributed by atoms with Crippen molar-refractivity contribution >= 4 is 38.9 Å². The van der Waals surface area contributed by atoms with Crippen molar-refractivity contribution in [3.8, 4) is 0 Å². The van der Waals surface area contributed by atoms with Crippen LogP contribution in [0.2, 0.25) is 10.0 Å². The van der Waals surface area contributed by atoms with Crippen LogP contribution in [0.3, 0.4) is 0 Å². The third kappa shape index (κ3) is 4.11. The number of rotatable bonds is 4. The fourth-order valence-corrected chi connectivity index (χ4v) is 2.80. The van der Waals surface area contributed by atoms with Crippen LogP contribution in [0, 0.1) is 0 Å². The van der Waals surface area contributed by atoms with E-state index in [0.717, 1.165) is 5.56 Å². The van der Waals surface area contributed by atoms with E-state index in [2.05, 4.69) is 5.32 Å². The first kappa shape index (κ1) is 16.1. The van der Waals surface area contributed by atoms with Gasteiger partial charge in [0.1, 0.15) is 0 Å². The molecule has 0 spiro atoms. The van der Waals surface area contributed by atoms with E-state index in [1.807, 2.05) is 25.1 Å². The van der Waals surface area contributed by atoms with Gasteiger partial charge in [0, 0.05) is 11.1 Å². The fraction of sp³-hybridized carbons (Fsp3) is 0.143. The molecule has 3 N–H and O–H groups in total. The van der Waals surface area contributed by atoms with Gasteiger partial charge in [-0.2, -0.15) is 0 Å². The minimum Gasteiger partial charge on any atom is -0.377 e. The van der Waals surface area contributed by atoms with Crippen molar-refractivity contribution in [1.82, 2.24) is 0 Å². The van der Waals surface area contributed by atoms with Crippen molar-refractivity contribution in [3.63, 3.8) is 0 Å². The van der Waals surface area contributed by atoms with Gasteiger partial charge in [-0.15, -0.1) is 0 Å². The van der Waals surface area contributed by atoms with E-state index in [-0.39, 0.29) is 10.9 Å². The predicted octanol–water partition coefficient (Wildman–Crippen LogP) is 3.81. The number of nitrogens with two attached hydrogens (primary N) is 1. The molecule has 0 aliphatic rings. The monoisotopic (exact) mass is 344 g/mol. The van der Waals surface area contributed by atoms with Crippen LogP contribution in [0.4, 0.5) is 5.69 Å². The number of benzene rings is 2. The Labute approximate surface area is 133 Å². The van der Waals surface area contributed by atoms with Crippen LogP contribution in [0.1, 0.15) is 18.5 Å². The first-order valence-electron chi connectivity index (χ1n) is 6.12. The van der Waals surface area contributed by atoms with Crippen LogP contribution < -0.4 is 10.5 Å². The lowest BCUT2D eigenvalue weighted by molar-refractivity contribution is 0.598. The molecule has 0 saturated heterocycles. The highest BCUT2D eigenvalue weighted by Gasteiger charge is 2.13. The molecule has 0 fully saturated rings. The summed E-state index contributed by atoms with van der Waals surface area (Å²) in [6, 6.07) is 11.6. The fourth-order valence-electron chi connectivity index (χ4n) is 1.88. The van der Waals surface area contributed by atoms with Crippen molar-refractivity contribution in [2.75, 3.05) is 5.32 Å². The van der Waals surface area contributed by atoms with Crippen molar-refractivity contribution in [2.45, 2.75) is 17.9 Å². The molecule has 0 amide bonds. The normalized spacial score (nSPS) is 13.0. The van der Waals surface area contributed by atoms with E-state index in [4.69, 9.17) is 28.3 Å². The minimum atomic E-state index is -3.77. The SMILES string of the molecule is CC(Nc1cc(S(N)(=O)=O)ccc1Cl)c1cccc(Cl)c1. The van der Waals surface area contributed by atoms with Gasteiger partial charge in [-0.25, -0.2) is 13.6 Å². The summed E-state index contributed by atoms with van der Waals surface area (Å²) in [4.78, 5) is 0.00712. The van der Waals surface area contributed by atoms with Crippen LogP contribution in [0.5, 0.6) is 0 Å². The smallest absolute Gasteiger partial charge is 0.238 e.